The molecule has 1 N–H and O–H groups in total. The molecule has 1 amide bonds. The fourth-order valence-electron chi connectivity index (χ4n) is 4.26. The second kappa shape index (κ2) is 11.6. The number of nitrogens with one attached hydrogen (secondary N) is 1. The quantitative estimate of drug-likeness (QED) is 0.294. The van der Waals surface area contributed by atoms with Crippen LogP contribution < -0.4 is 14.8 Å². The van der Waals surface area contributed by atoms with Crippen molar-refractivity contribution in [3.63, 3.8) is 0 Å². The molecule has 0 atom stereocenters. The number of rotatable bonds is 11. The molecule has 35 heavy (non-hydrogen) atoms. The van der Waals surface area contributed by atoms with E-state index in [1.807, 2.05) is 74.5 Å². The third-order valence-electron chi connectivity index (χ3n) is 6.08. The standard InChI is InChI=1S/C29H33N3O3/c1-21-11-16-25(22(2)20-21)29(33)30-17-6-10-28-31-26-8-4-5-9-27(26)32(28)18-7-19-35-24-14-12-23(34-3)13-15-24/h4-5,8-9,11-16,20H,6-7,10,17-19H2,1-3H3,(H,30,33). The van der Waals surface area contributed by atoms with Gasteiger partial charge in [-0.05, 0) is 74.7 Å². The number of fused-ring (bicyclic) bond motifs is 1. The van der Waals surface area contributed by atoms with Gasteiger partial charge < -0.3 is 19.4 Å². The number of hydrogen-bond acceptors (Lipinski definition) is 4. The average Bonchev–Trinajstić information content (AvgIpc) is 3.22. The molecule has 0 unspecified atom stereocenters. The van der Waals surface area contributed by atoms with E-state index in [2.05, 4.69) is 16.0 Å². The molecule has 0 spiro atoms. The minimum absolute atomic E-state index is 0.0216. The number of carbonyl (C=O) groups is 1. The Morgan fingerprint density at radius 1 is 0.971 bits per heavy atom. The molecular formula is C29H33N3O3. The number of hydrogen-bond donors (Lipinski definition) is 1. The number of aromatic nitrogens is 2. The van der Waals surface area contributed by atoms with Crippen LogP contribution in [0.4, 0.5) is 0 Å². The number of carbonyl (C=O) groups excluding carboxylic acids is 1. The Hall–Kier alpha value is -3.80. The van der Waals surface area contributed by atoms with Crippen molar-refractivity contribution in [1.82, 2.24) is 14.9 Å². The maximum atomic E-state index is 12.6. The minimum atomic E-state index is -0.0216. The van der Waals surface area contributed by atoms with Crippen molar-refractivity contribution in [3.8, 4) is 11.5 Å². The van der Waals surface area contributed by atoms with Crippen LogP contribution in [0.2, 0.25) is 0 Å². The molecule has 4 rings (SSSR count). The largest absolute Gasteiger partial charge is 0.497 e. The minimum Gasteiger partial charge on any atom is -0.497 e. The lowest BCUT2D eigenvalue weighted by Gasteiger charge is -2.11. The van der Waals surface area contributed by atoms with Crippen molar-refractivity contribution in [2.24, 2.45) is 0 Å². The van der Waals surface area contributed by atoms with Gasteiger partial charge in [0.15, 0.2) is 0 Å². The highest BCUT2D eigenvalue weighted by Gasteiger charge is 2.12. The van der Waals surface area contributed by atoms with E-state index in [4.69, 9.17) is 14.5 Å². The van der Waals surface area contributed by atoms with E-state index in [1.165, 1.54) is 0 Å². The fourth-order valence-corrected chi connectivity index (χ4v) is 4.26. The highest BCUT2D eigenvalue weighted by atomic mass is 16.5. The Balaban J connectivity index is 1.32. The summed E-state index contributed by atoms with van der Waals surface area (Å²) in [6.45, 7) is 6.05. The fraction of sp³-hybridized carbons (Fsp3) is 0.310. The van der Waals surface area contributed by atoms with Crippen molar-refractivity contribution in [2.45, 2.75) is 39.7 Å². The summed E-state index contributed by atoms with van der Waals surface area (Å²) in [5.41, 5.74) is 5.03. The first-order valence-corrected chi connectivity index (χ1v) is 12.1. The molecule has 0 saturated carbocycles. The van der Waals surface area contributed by atoms with Crippen molar-refractivity contribution < 1.29 is 14.3 Å². The highest BCUT2D eigenvalue weighted by Crippen LogP contribution is 2.19. The number of aryl methyl sites for hydroxylation is 4. The molecular weight excluding hydrogens is 438 g/mol. The predicted octanol–water partition coefficient (Wildman–Crippen LogP) is 5.49. The van der Waals surface area contributed by atoms with Gasteiger partial charge in [-0.1, -0.05) is 29.8 Å². The van der Waals surface area contributed by atoms with Gasteiger partial charge in [0.05, 0.1) is 24.8 Å². The van der Waals surface area contributed by atoms with Gasteiger partial charge in [-0.3, -0.25) is 4.79 Å². The van der Waals surface area contributed by atoms with E-state index in [-0.39, 0.29) is 5.91 Å². The summed E-state index contributed by atoms with van der Waals surface area (Å²) in [7, 11) is 1.65. The predicted molar refractivity (Wildman–Crippen MR) is 139 cm³/mol. The summed E-state index contributed by atoms with van der Waals surface area (Å²) < 4.78 is 13.4. The Kier molecular flexibility index (Phi) is 8.03. The molecule has 0 aliphatic rings. The smallest absolute Gasteiger partial charge is 0.251 e. The van der Waals surface area contributed by atoms with Crippen LogP contribution in [0.15, 0.2) is 66.7 Å². The third kappa shape index (κ3) is 6.21. The Bertz CT molecular complexity index is 1280. The molecule has 6 nitrogen and oxygen atoms in total. The van der Waals surface area contributed by atoms with Crippen molar-refractivity contribution in [1.29, 1.82) is 0 Å². The van der Waals surface area contributed by atoms with Crippen molar-refractivity contribution in [3.05, 3.63) is 89.2 Å². The first-order chi connectivity index (χ1) is 17.0. The molecule has 3 aromatic carbocycles. The van der Waals surface area contributed by atoms with E-state index in [0.717, 1.165) is 70.9 Å². The van der Waals surface area contributed by atoms with Gasteiger partial charge >= 0.3 is 0 Å². The van der Waals surface area contributed by atoms with E-state index < -0.39 is 0 Å². The van der Waals surface area contributed by atoms with Crippen LogP contribution in [-0.2, 0) is 13.0 Å². The lowest BCUT2D eigenvalue weighted by molar-refractivity contribution is 0.0952. The van der Waals surface area contributed by atoms with Crippen LogP contribution in [0.3, 0.4) is 0 Å². The maximum Gasteiger partial charge on any atom is 0.251 e. The molecule has 1 aromatic heterocycles. The number of ether oxygens (including phenoxy) is 2. The summed E-state index contributed by atoms with van der Waals surface area (Å²) in [5, 5.41) is 3.06. The molecule has 182 valence electrons. The second-order valence-electron chi connectivity index (χ2n) is 8.72. The number of nitrogens with zero attached hydrogens (tertiary/aromatic N) is 2. The van der Waals surface area contributed by atoms with E-state index in [9.17, 15) is 4.79 Å². The van der Waals surface area contributed by atoms with Crippen LogP contribution in [-0.4, -0.2) is 35.7 Å². The van der Waals surface area contributed by atoms with Gasteiger partial charge in [-0.25, -0.2) is 4.98 Å². The lowest BCUT2D eigenvalue weighted by Crippen LogP contribution is -2.25. The summed E-state index contributed by atoms with van der Waals surface area (Å²) in [5.74, 6) is 2.67. The van der Waals surface area contributed by atoms with Gasteiger partial charge in [0.1, 0.15) is 17.3 Å². The van der Waals surface area contributed by atoms with Crippen LogP contribution in [0.1, 0.15) is 40.2 Å². The second-order valence-corrected chi connectivity index (χ2v) is 8.72. The summed E-state index contributed by atoms with van der Waals surface area (Å²) >= 11 is 0. The monoisotopic (exact) mass is 471 g/mol. The molecule has 0 radical (unpaired) electrons. The zero-order chi connectivity index (χ0) is 24.6. The van der Waals surface area contributed by atoms with Gasteiger partial charge in [0.2, 0.25) is 0 Å². The maximum absolute atomic E-state index is 12.6. The normalized spacial score (nSPS) is 10.9. The molecule has 0 aliphatic heterocycles. The molecule has 4 aromatic rings. The van der Waals surface area contributed by atoms with Crippen LogP contribution in [0.5, 0.6) is 11.5 Å². The lowest BCUT2D eigenvalue weighted by atomic mass is 10.1. The van der Waals surface area contributed by atoms with E-state index >= 15 is 0 Å². The zero-order valence-electron chi connectivity index (χ0n) is 20.7. The third-order valence-corrected chi connectivity index (χ3v) is 6.08. The van der Waals surface area contributed by atoms with Crippen LogP contribution in [0.25, 0.3) is 11.0 Å². The first kappa shape index (κ1) is 24.3. The topological polar surface area (TPSA) is 65.4 Å². The van der Waals surface area contributed by atoms with Crippen molar-refractivity contribution in [2.75, 3.05) is 20.3 Å². The van der Waals surface area contributed by atoms with Crippen LogP contribution in [0, 0.1) is 13.8 Å². The summed E-state index contributed by atoms with van der Waals surface area (Å²) in [4.78, 5) is 17.4. The summed E-state index contributed by atoms with van der Waals surface area (Å²) in [6.07, 6.45) is 2.48. The SMILES string of the molecule is COc1ccc(OCCCn2c(CCCNC(=O)c3ccc(C)cc3C)nc3ccccc32)cc1. The number of para-hydroxylation sites is 2. The molecule has 6 heteroatoms. The van der Waals surface area contributed by atoms with Crippen LogP contribution >= 0.6 is 0 Å². The first-order valence-electron chi connectivity index (χ1n) is 12.1. The average molecular weight is 472 g/mol. The Morgan fingerprint density at radius 2 is 1.74 bits per heavy atom. The summed E-state index contributed by atoms with van der Waals surface area (Å²) in [6, 6.07) is 21.8. The zero-order valence-corrected chi connectivity index (χ0v) is 20.7. The van der Waals surface area contributed by atoms with E-state index in [0.29, 0.717) is 13.2 Å². The molecule has 1 heterocycles. The van der Waals surface area contributed by atoms with E-state index in [1.54, 1.807) is 7.11 Å². The Morgan fingerprint density at radius 3 is 2.51 bits per heavy atom. The number of methoxy groups -OCH3 is 1. The molecule has 0 fully saturated rings. The number of imidazole rings is 1. The molecule has 0 aliphatic carbocycles. The number of benzene rings is 3. The van der Waals surface area contributed by atoms with Gasteiger partial charge in [0.25, 0.3) is 5.91 Å². The van der Waals surface area contributed by atoms with Gasteiger partial charge in [-0.15, -0.1) is 0 Å². The highest BCUT2D eigenvalue weighted by molar-refractivity contribution is 5.95. The number of amides is 1. The molecule has 0 bridgehead atoms. The van der Waals surface area contributed by atoms with Gasteiger partial charge in [0, 0.05) is 25.1 Å². The Labute approximate surface area is 206 Å². The van der Waals surface area contributed by atoms with Crippen molar-refractivity contribution >= 4 is 16.9 Å². The van der Waals surface area contributed by atoms with Gasteiger partial charge in [-0.2, -0.15) is 0 Å². The molecule has 0 saturated heterocycles.